The number of nitrogens with one attached hydrogen (secondary N) is 1. The zero-order valence-electron chi connectivity index (χ0n) is 7.76. The Morgan fingerprint density at radius 1 is 1.43 bits per heavy atom. The first kappa shape index (κ1) is 8.99. The molecule has 0 saturated heterocycles. The lowest BCUT2D eigenvalue weighted by molar-refractivity contribution is -0.116. The van der Waals surface area contributed by atoms with Crippen LogP contribution in [0.4, 0.5) is 10.1 Å². The number of hydrogen-bond acceptors (Lipinski definition) is 2. The highest BCUT2D eigenvalue weighted by Crippen LogP contribution is 2.29. The molecule has 1 N–H and O–H groups in total. The van der Waals surface area contributed by atoms with Crippen LogP contribution in [0.25, 0.3) is 0 Å². The molecule has 0 atom stereocenters. The van der Waals surface area contributed by atoms with Crippen LogP contribution in [-0.4, -0.2) is 13.0 Å². The quantitative estimate of drug-likeness (QED) is 0.740. The van der Waals surface area contributed by atoms with Gasteiger partial charge in [-0.15, -0.1) is 0 Å². The van der Waals surface area contributed by atoms with Crippen LogP contribution in [0.1, 0.15) is 12.0 Å². The summed E-state index contributed by atoms with van der Waals surface area (Å²) < 4.78 is 18.3. The highest BCUT2D eigenvalue weighted by Gasteiger charge is 2.19. The second-order valence-electron chi connectivity index (χ2n) is 3.19. The van der Waals surface area contributed by atoms with E-state index >= 15 is 0 Å². The van der Waals surface area contributed by atoms with E-state index in [0.717, 1.165) is 5.56 Å². The standard InChI is InChI=1S/C10H10FNO2/c1-14-7-4-6-2-3-9(13)12-10(6)8(11)5-7/h4-5H,2-3H2,1H3,(H,12,13). The SMILES string of the molecule is COc1cc(F)c2c(c1)CCC(=O)N2. The van der Waals surface area contributed by atoms with Crippen molar-refractivity contribution in [2.24, 2.45) is 0 Å². The first-order valence-electron chi connectivity index (χ1n) is 4.37. The van der Waals surface area contributed by atoms with Gasteiger partial charge in [0.1, 0.15) is 5.75 Å². The Kier molecular flexibility index (Phi) is 2.11. The largest absolute Gasteiger partial charge is 0.497 e. The van der Waals surface area contributed by atoms with Crippen LogP contribution in [0, 0.1) is 5.82 Å². The minimum absolute atomic E-state index is 0.137. The van der Waals surface area contributed by atoms with Gasteiger partial charge in [0.25, 0.3) is 0 Å². The molecular weight excluding hydrogens is 185 g/mol. The fraction of sp³-hybridized carbons (Fsp3) is 0.300. The Balaban J connectivity index is 2.48. The summed E-state index contributed by atoms with van der Waals surface area (Å²) >= 11 is 0. The number of methoxy groups -OCH3 is 1. The molecule has 0 bridgehead atoms. The summed E-state index contributed by atoms with van der Waals surface area (Å²) in [7, 11) is 1.49. The van der Waals surface area contributed by atoms with E-state index in [-0.39, 0.29) is 5.91 Å². The Labute approximate surface area is 80.9 Å². The molecule has 0 saturated carbocycles. The summed E-state index contributed by atoms with van der Waals surface area (Å²) in [6, 6.07) is 3.02. The summed E-state index contributed by atoms with van der Waals surface area (Å²) in [5.74, 6) is -0.0913. The van der Waals surface area contributed by atoms with Crippen molar-refractivity contribution < 1.29 is 13.9 Å². The topological polar surface area (TPSA) is 38.3 Å². The van der Waals surface area contributed by atoms with Gasteiger partial charge >= 0.3 is 0 Å². The molecule has 1 aromatic rings. The van der Waals surface area contributed by atoms with Gasteiger partial charge in [0, 0.05) is 12.5 Å². The molecule has 1 aliphatic rings. The van der Waals surface area contributed by atoms with Gasteiger partial charge in [0.15, 0.2) is 5.82 Å². The fourth-order valence-electron chi connectivity index (χ4n) is 1.54. The molecule has 74 valence electrons. The maximum absolute atomic E-state index is 13.4. The van der Waals surface area contributed by atoms with E-state index < -0.39 is 5.82 Å². The lowest BCUT2D eigenvalue weighted by atomic mass is 10.0. The summed E-state index contributed by atoms with van der Waals surface area (Å²) in [6.07, 6.45) is 0.967. The van der Waals surface area contributed by atoms with Crippen LogP contribution in [0.5, 0.6) is 5.75 Å². The van der Waals surface area contributed by atoms with Crippen molar-refractivity contribution in [2.75, 3.05) is 12.4 Å². The van der Waals surface area contributed by atoms with Gasteiger partial charge in [-0.3, -0.25) is 4.79 Å². The Morgan fingerprint density at radius 3 is 2.93 bits per heavy atom. The molecule has 1 aromatic carbocycles. The van der Waals surface area contributed by atoms with Crippen molar-refractivity contribution in [1.29, 1.82) is 0 Å². The number of ether oxygens (including phenoxy) is 1. The molecule has 1 heterocycles. The molecule has 3 nitrogen and oxygen atoms in total. The van der Waals surface area contributed by atoms with E-state index in [2.05, 4.69) is 5.32 Å². The molecule has 2 rings (SSSR count). The van der Waals surface area contributed by atoms with Crippen LogP contribution in [-0.2, 0) is 11.2 Å². The summed E-state index contributed by atoms with van der Waals surface area (Å²) in [4.78, 5) is 11.0. The first-order chi connectivity index (χ1) is 6.70. The molecule has 0 spiro atoms. The van der Waals surface area contributed by atoms with Gasteiger partial charge in [-0.05, 0) is 18.1 Å². The average Bonchev–Trinajstić information content (AvgIpc) is 2.19. The minimum atomic E-state index is -0.438. The second kappa shape index (κ2) is 3.29. The molecule has 1 amide bonds. The lowest BCUT2D eigenvalue weighted by Crippen LogP contribution is -2.20. The predicted molar refractivity (Wildman–Crippen MR) is 49.9 cm³/mol. The maximum atomic E-state index is 13.4. The number of aryl methyl sites for hydroxylation is 1. The molecule has 0 aromatic heterocycles. The number of benzene rings is 1. The summed E-state index contributed by atoms with van der Waals surface area (Å²) in [6.45, 7) is 0. The third-order valence-electron chi connectivity index (χ3n) is 2.27. The van der Waals surface area contributed by atoms with E-state index in [1.807, 2.05) is 0 Å². The van der Waals surface area contributed by atoms with Gasteiger partial charge in [0.2, 0.25) is 5.91 Å². The number of carbonyl (C=O) groups is 1. The maximum Gasteiger partial charge on any atom is 0.224 e. The molecule has 0 aliphatic carbocycles. The Morgan fingerprint density at radius 2 is 2.21 bits per heavy atom. The molecule has 0 fully saturated rings. The number of halogens is 1. The fourth-order valence-corrected chi connectivity index (χ4v) is 1.54. The minimum Gasteiger partial charge on any atom is -0.497 e. The summed E-state index contributed by atoms with van der Waals surface area (Å²) in [5.41, 5.74) is 1.09. The summed E-state index contributed by atoms with van der Waals surface area (Å²) in [5, 5.41) is 2.51. The zero-order valence-corrected chi connectivity index (χ0v) is 7.76. The number of hydrogen-bond donors (Lipinski definition) is 1. The monoisotopic (exact) mass is 195 g/mol. The normalized spacial score (nSPS) is 14.6. The molecule has 0 unspecified atom stereocenters. The van der Waals surface area contributed by atoms with E-state index in [1.54, 1.807) is 6.07 Å². The molecule has 0 radical (unpaired) electrons. The second-order valence-corrected chi connectivity index (χ2v) is 3.19. The smallest absolute Gasteiger partial charge is 0.224 e. The predicted octanol–water partition coefficient (Wildman–Crippen LogP) is 1.72. The third kappa shape index (κ3) is 1.43. The van der Waals surface area contributed by atoms with Crippen LogP contribution in [0.15, 0.2) is 12.1 Å². The number of rotatable bonds is 1. The first-order valence-corrected chi connectivity index (χ1v) is 4.37. The Hall–Kier alpha value is -1.58. The van der Waals surface area contributed by atoms with Crippen LogP contribution < -0.4 is 10.1 Å². The molecule has 1 aliphatic heterocycles. The van der Waals surface area contributed by atoms with Gasteiger partial charge in [-0.1, -0.05) is 0 Å². The van der Waals surface area contributed by atoms with Crippen molar-refractivity contribution in [2.45, 2.75) is 12.8 Å². The number of anilines is 1. The van der Waals surface area contributed by atoms with Gasteiger partial charge in [0.05, 0.1) is 12.8 Å². The van der Waals surface area contributed by atoms with Crippen molar-refractivity contribution in [3.63, 3.8) is 0 Å². The van der Waals surface area contributed by atoms with Crippen LogP contribution in [0.2, 0.25) is 0 Å². The average molecular weight is 195 g/mol. The zero-order chi connectivity index (χ0) is 10.1. The highest BCUT2D eigenvalue weighted by molar-refractivity contribution is 5.94. The van der Waals surface area contributed by atoms with Gasteiger partial charge < -0.3 is 10.1 Å². The Bertz CT molecular complexity index is 390. The lowest BCUT2D eigenvalue weighted by Gasteiger charge is -2.18. The van der Waals surface area contributed by atoms with E-state index in [0.29, 0.717) is 24.3 Å². The van der Waals surface area contributed by atoms with Crippen LogP contribution >= 0.6 is 0 Å². The van der Waals surface area contributed by atoms with Gasteiger partial charge in [-0.25, -0.2) is 4.39 Å². The van der Waals surface area contributed by atoms with Crippen molar-refractivity contribution in [3.05, 3.63) is 23.5 Å². The number of amides is 1. The third-order valence-corrected chi connectivity index (χ3v) is 2.27. The molecule has 14 heavy (non-hydrogen) atoms. The van der Waals surface area contributed by atoms with E-state index in [1.165, 1.54) is 13.2 Å². The highest BCUT2D eigenvalue weighted by atomic mass is 19.1. The van der Waals surface area contributed by atoms with E-state index in [4.69, 9.17) is 4.74 Å². The van der Waals surface area contributed by atoms with Gasteiger partial charge in [-0.2, -0.15) is 0 Å². The van der Waals surface area contributed by atoms with Crippen molar-refractivity contribution in [1.82, 2.24) is 0 Å². The van der Waals surface area contributed by atoms with Crippen molar-refractivity contribution >= 4 is 11.6 Å². The number of carbonyl (C=O) groups excluding carboxylic acids is 1. The van der Waals surface area contributed by atoms with Crippen molar-refractivity contribution in [3.8, 4) is 5.75 Å². The van der Waals surface area contributed by atoms with E-state index in [9.17, 15) is 9.18 Å². The molecule has 4 heteroatoms. The number of fused-ring (bicyclic) bond motifs is 1. The van der Waals surface area contributed by atoms with Crippen LogP contribution in [0.3, 0.4) is 0 Å². The molecular formula is C10H10FNO2.